The van der Waals surface area contributed by atoms with Crippen molar-refractivity contribution in [2.45, 2.75) is 52.4 Å². The highest BCUT2D eigenvalue weighted by Gasteiger charge is 2.53. The number of rotatable bonds is 2. The van der Waals surface area contributed by atoms with E-state index in [9.17, 15) is 4.79 Å². The third-order valence-corrected chi connectivity index (χ3v) is 5.92. The van der Waals surface area contributed by atoms with Gasteiger partial charge in [-0.1, -0.05) is 43.7 Å². The van der Waals surface area contributed by atoms with E-state index in [4.69, 9.17) is 0 Å². The summed E-state index contributed by atoms with van der Waals surface area (Å²) in [6, 6.07) is 6.70. The van der Waals surface area contributed by atoms with Crippen molar-refractivity contribution in [2.24, 2.45) is 17.3 Å². The third-order valence-electron chi connectivity index (χ3n) is 5.92. The second-order valence-corrected chi connectivity index (χ2v) is 7.76. The molecule has 1 fully saturated rings. The van der Waals surface area contributed by atoms with Gasteiger partial charge in [-0.2, -0.15) is 0 Å². The number of allylic oxidation sites excluding steroid dienone is 2. The molecule has 110 valence electrons. The number of fused-ring (bicyclic) bond motifs is 4. The van der Waals surface area contributed by atoms with Crippen LogP contribution in [0.3, 0.4) is 0 Å². The predicted octanol–water partition coefficient (Wildman–Crippen LogP) is 4.28. The molecule has 0 aliphatic heterocycles. The van der Waals surface area contributed by atoms with Crippen molar-refractivity contribution in [1.82, 2.24) is 0 Å². The molecule has 1 aromatic carbocycles. The standard InChI is InChI=1S/C20H24O/c1-13(2)8-15-4-3-5-16-12-20(19(21)10-18(15)16)11-14-6-7-17(20)9-14/h3-6,13,17H,7-12H2,1-2H3. The second kappa shape index (κ2) is 4.56. The molecule has 1 aromatic rings. The van der Waals surface area contributed by atoms with Gasteiger partial charge in [0.25, 0.3) is 0 Å². The smallest absolute Gasteiger partial charge is 0.144 e. The van der Waals surface area contributed by atoms with Crippen molar-refractivity contribution in [3.05, 3.63) is 46.5 Å². The van der Waals surface area contributed by atoms with Crippen LogP contribution in [0.25, 0.3) is 0 Å². The first kappa shape index (κ1) is 13.3. The Morgan fingerprint density at radius 3 is 2.81 bits per heavy atom. The quantitative estimate of drug-likeness (QED) is 0.739. The van der Waals surface area contributed by atoms with E-state index in [0.29, 0.717) is 24.0 Å². The van der Waals surface area contributed by atoms with E-state index in [-0.39, 0.29) is 5.41 Å². The van der Waals surface area contributed by atoms with Gasteiger partial charge < -0.3 is 0 Å². The van der Waals surface area contributed by atoms with Crippen molar-refractivity contribution in [1.29, 1.82) is 0 Å². The van der Waals surface area contributed by atoms with E-state index in [1.807, 2.05) is 0 Å². The maximum Gasteiger partial charge on any atom is 0.144 e. The minimum absolute atomic E-state index is 0.0342. The molecule has 4 rings (SSSR count). The number of carbonyl (C=O) groups excluding carboxylic acids is 1. The first-order chi connectivity index (χ1) is 10.1. The van der Waals surface area contributed by atoms with E-state index in [1.165, 1.54) is 23.1 Å². The van der Waals surface area contributed by atoms with Gasteiger partial charge in [0.15, 0.2) is 0 Å². The van der Waals surface area contributed by atoms with E-state index >= 15 is 0 Å². The molecular weight excluding hydrogens is 256 g/mol. The Kier molecular flexibility index (Phi) is 2.89. The minimum atomic E-state index is -0.0342. The van der Waals surface area contributed by atoms with Crippen molar-refractivity contribution in [3.8, 4) is 0 Å². The fourth-order valence-electron chi connectivity index (χ4n) is 4.93. The Morgan fingerprint density at radius 1 is 1.29 bits per heavy atom. The summed E-state index contributed by atoms with van der Waals surface area (Å²) in [5.41, 5.74) is 5.75. The molecule has 0 saturated heterocycles. The first-order valence-corrected chi connectivity index (χ1v) is 8.39. The number of ketones is 1. The Hall–Kier alpha value is -1.37. The summed E-state index contributed by atoms with van der Waals surface area (Å²) in [7, 11) is 0. The van der Waals surface area contributed by atoms with E-state index in [0.717, 1.165) is 25.7 Å². The van der Waals surface area contributed by atoms with Crippen LogP contribution >= 0.6 is 0 Å². The predicted molar refractivity (Wildman–Crippen MR) is 85.3 cm³/mol. The molecule has 1 nitrogen and oxygen atoms in total. The summed E-state index contributed by atoms with van der Waals surface area (Å²) in [6.07, 6.45) is 8.53. The number of carbonyl (C=O) groups is 1. The van der Waals surface area contributed by atoms with Crippen LogP contribution < -0.4 is 0 Å². The average molecular weight is 280 g/mol. The summed E-state index contributed by atoms with van der Waals surface area (Å²) in [4.78, 5) is 13.0. The van der Waals surface area contributed by atoms with Gasteiger partial charge in [0.1, 0.15) is 5.78 Å². The van der Waals surface area contributed by atoms with Crippen LogP contribution in [-0.4, -0.2) is 5.78 Å². The van der Waals surface area contributed by atoms with Crippen LogP contribution in [-0.2, 0) is 24.1 Å². The van der Waals surface area contributed by atoms with Crippen LogP contribution in [0.4, 0.5) is 0 Å². The summed E-state index contributed by atoms with van der Waals surface area (Å²) in [5, 5.41) is 0. The molecule has 0 amide bonds. The molecule has 1 saturated carbocycles. The molecule has 1 spiro atoms. The SMILES string of the molecule is CC(C)Cc1cccc2c1CC(=O)C1(CC3=CCC1C3)C2. The normalized spacial score (nSPS) is 30.1. The molecule has 2 bridgehead atoms. The maximum atomic E-state index is 13.0. The molecule has 3 aliphatic carbocycles. The lowest BCUT2D eigenvalue weighted by Gasteiger charge is -2.39. The van der Waals surface area contributed by atoms with Gasteiger partial charge in [-0.25, -0.2) is 0 Å². The third kappa shape index (κ3) is 1.93. The Morgan fingerprint density at radius 2 is 2.14 bits per heavy atom. The molecule has 0 radical (unpaired) electrons. The van der Waals surface area contributed by atoms with Gasteiger partial charge in [0.05, 0.1) is 0 Å². The lowest BCUT2D eigenvalue weighted by atomic mass is 9.62. The molecular formula is C20H24O. The number of Topliss-reactive ketones (excluding diaryl/α,β-unsaturated/α-hetero) is 1. The van der Waals surface area contributed by atoms with Crippen LogP contribution in [0, 0.1) is 17.3 Å². The molecule has 0 N–H and O–H groups in total. The van der Waals surface area contributed by atoms with Gasteiger partial charge in [-0.05, 0) is 60.6 Å². The van der Waals surface area contributed by atoms with E-state index < -0.39 is 0 Å². The van der Waals surface area contributed by atoms with Crippen LogP contribution in [0.15, 0.2) is 29.8 Å². The number of hydrogen-bond acceptors (Lipinski definition) is 1. The summed E-state index contributed by atoms with van der Waals surface area (Å²) in [6.45, 7) is 4.52. The topological polar surface area (TPSA) is 17.1 Å². The van der Waals surface area contributed by atoms with Crippen molar-refractivity contribution < 1.29 is 4.79 Å². The van der Waals surface area contributed by atoms with E-state index in [1.54, 1.807) is 5.57 Å². The zero-order valence-electron chi connectivity index (χ0n) is 13.1. The fourth-order valence-corrected chi connectivity index (χ4v) is 4.93. The second-order valence-electron chi connectivity index (χ2n) is 7.76. The Bertz CT molecular complexity index is 637. The number of benzene rings is 1. The zero-order chi connectivity index (χ0) is 14.6. The van der Waals surface area contributed by atoms with E-state index in [2.05, 4.69) is 38.1 Å². The fraction of sp³-hybridized carbons (Fsp3) is 0.550. The van der Waals surface area contributed by atoms with Gasteiger partial charge in [-0.3, -0.25) is 4.79 Å². The van der Waals surface area contributed by atoms with Crippen molar-refractivity contribution >= 4 is 5.78 Å². The monoisotopic (exact) mass is 280 g/mol. The maximum absolute atomic E-state index is 13.0. The number of hydrogen-bond donors (Lipinski definition) is 0. The average Bonchev–Trinajstić information content (AvgIpc) is 3.01. The summed E-state index contributed by atoms with van der Waals surface area (Å²) >= 11 is 0. The highest BCUT2D eigenvalue weighted by molar-refractivity contribution is 5.91. The van der Waals surface area contributed by atoms with Crippen molar-refractivity contribution in [2.75, 3.05) is 0 Å². The Balaban J connectivity index is 1.73. The van der Waals surface area contributed by atoms with Gasteiger partial charge >= 0.3 is 0 Å². The lowest BCUT2D eigenvalue weighted by Crippen LogP contribution is -2.42. The Labute approximate surface area is 127 Å². The molecule has 2 atom stereocenters. The van der Waals surface area contributed by atoms with Crippen LogP contribution in [0.1, 0.15) is 49.8 Å². The first-order valence-electron chi connectivity index (χ1n) is 8.39. The van der Waals surface area contributed by atoms with Gasteiger partial charge in [0, 0.05) is 11.8 Å². The highest BCUT2D eigenvalue weighted by Crippen LogP contribution is 2.57. The molecule has 0 heterocycles. The largest absolute Gasteiger partial charge is 0.299 e. The van der Waals surface area contributed by atoms with Crippen LogP contribution in [0.2, 0.25) is 0 Å². The van der Waals surface area contributed by atoms with Crippen molar-refractivity contribution in [3.63, 3.8) is 0 Å². The molecule has 3 aliphatic rings. The molecule has 0 aromatic heterocycles. The van der Waals surface area contributed by atoms with Crippen LogP contribution in [0.5, 0.6) is 0 Å². The summed E-state index contributed by atoms with van der Waals surface area (Å²) < 4.78 is 0. The molecule has 21 heavy (non-hydrogen) atoms. The molecule has 1 heteroatoms. The van der Waals surface area contributed by atoms with Gasteiger partial charge in [-0.15, -0.1) is 0 Å². The lowest BCUT2D eigenvalue weighted by molar-refractivity contribution is -0.131. The summed E-state index contributed by atoms with van der Waals surface area (Å²) in [5.74, 6) is 1.77. The highest BCUT2D eigenvalue weighted by atomic mass is 16.1. The molecule has 2 unspecified atom stereocenters. The minimum Gasteiger partial charge on any atom is -0.299 e. The van der Waals surface area contributed by atoms with Gasteiger partial charge in [0.2, 0.25) is 0 Å². The zero-order valence-corrected chi connectivity index (χ0v) is 13.1.